The number of methoxy groups -OCH3 is 1. The molecule has 2 saturated heterocycles. The standard InChI is InChI=1S/C18H25N3O3/c1-24-16-4-2-13(3-5-16)18(23)20-12-17(22)21-8-6-14-10-19-11-15(14)7-9-21/h2-5,14-15,19H,6-12H2,1H3,(H,20,23)/t14-,15+. The SMILES string of the molecule is COc1ccc(C(=O)NCC(=O)N2CC[C@@H]3CNC[C@@H]3CC2)cc1. The highest BCUT2D eigenvalue weighted by molar-refractivity contribution is 5.96. The van der Waals surface area contributed by atoms with Gasteiger partial charge >= 0.3 is 0 Å². The topological polar surface area (TPSA) is 70.7 Å². The summed E-state index contributed by atoms with van der Waals surface area (Å²) < 4.78 is 5.07. The van der Waals surface area contributed by atoms with Gasteiger partial charge in [0.2, 0.25) is 5.91 Å². The normalized spacial score (nSPS) is 23.3. The van der Waals surface area contributed by atoms with Gasteiger partial charge < -0.3 is 20.3 Å². The number of carbonyl (C=O) groups is 2. The third-order valence-electron chi connectivity index (χ3n) is 5.12. The molecule has 1 aromatic rings. The zero-order valence-electron chi connectivity index (χ0n) is 14.1. The van der Waals surface area contributed by atoms with Crippen LogP contribution >= 0.6 is 0 Å². The molecule has 2 heterocycles. The van der Waals surface area contributed by atoms with Crippen LogP contribution in [0.5, 0.6) is 5.75 Å². The van der Waals surface area contributed by atoms with Crippen LogP contribution in [0.3, 0.4) is 0 Å². The van der Waals surface area contributed by atoms with E-state index in [4.69, 9.17) is 4.74 Å². The molecule has 1 aromatic carbocycles. The number of amides is 2. The van der Waals surface area contributed by atoms with E-state index in [1.807, 2.05) is 4.90 Å². The third kappa shape index (κ3) is 3.87. The second-order valence-corrected chi connectivity index (χ2v) is 6.55. The quantitative estimate of drug-likeness (QED) is 0.859. The van der Waals surface area contributed by atoms with E-state index in [-0.39, 0.29) is 18.4 Å². The average molecular weight is 331 g/mol. The summed E-state index contributed by atoms with van der Waals surface area (Å²) in [5, 5.41) is 6.15. The Morgan fingerprint density at radius 3 is 2.38 bits per heavy atom. The molecule has 130 valence electrons. The number of hydrogen-bond acceptors (Lipinski definition) is 4. The number of likely N-dealkylation sites (tertiary alicyclic amines) is 1. The van der Waals surface area contributed by atoms with Gasteiger partial charge in [-0.1, -0.05) is 0 Å². The monoisotopic (exact) mass is 331 g/mol. The van der Waals surface area contributed by atoms with Crippen LogP contribution in [0, 0.1) is 11.8 Å². The lowest BCUT2D eigenvalue weighted by Crippen LogP contribution is -2.41. The lowest BCUT2D eigenvalue weighted by atomic mass is 9.92. The fraction of sp³-hybridized carbons (Fsp3) is 0.556. The highest BCUT2D eigenvalue weighted by atomic mass is 16.5. The highest BCUT2D eigenvalue weighted by Crippen LogP contribution is 2.26. The first kappa shape index (κ1) is 16.8. The van der Waals surface area contributed by atoms with E-state index in [1.165, 1.54) is 0 Å². The van der Waals surface area contributed by atoms with Gasteiger partial charge in [-0.3, -0.25) is 9.59 Å². The number of carbonyl (C=O) groups excluding carboxylic acids is 2. The van der Waals surface area contributed by atoms with E-state index < -0.39 is 0 Å². The van der Waals surface area contributed by atoms with E-state index in [2.05, 4.69) is 10.6 Å². The zero-order valence-corrected chi connectivity index (χ0v) is 14.1. The lowest BCUT2D eigenvalue weighted by Gasteiger charge is -2.21. The molecule has 2 amide bonds. The van der Waals surface area contributed by atoms with E-state index in [1.54, 1.807) is 31.4 Å². The molecule has 0 spiro atoms. The van der Waals surface area contributed by atoms with Crippen LogP contribution in [0.2, 0.25) is 0 Å². The number of nitrogens with one attached hydrogen (secondary N) is 2. The predicted molar refractivity (Wildman–Crippen MR) is 91.0 cm³/mol. The predicted octanol–water partition coefficient (Wildman–Crippen LogP) is 0.883. The van der Waals surface area contributed by atoms with Crippen molar-refractivity contribution >= 4 is 11.8 Å². The summed E-state index contributed by atoms with van der Waals surface area (Å²) >= 11 is 0. The van der Waals surface area contributed by atoms with E-state index in [9.17, 15) is 9.59 Å². The number of nitrogens with zero attached hydrogens (tertiary/aromatic N) is 1. The van der Waals surface area contributed by atoms with Gasteiger partial charge in [0.15, 0.2) is 0 Å². The minimum Gasteiger partial charge on any atom is -0.497 e. The molecular formula is C18H25N3O3. The summed E-state index contributed by atoms with van der Waals surface area (Å²) in [5.74, 6) is 1.85. The molecule has 2 N–H and O–H groups in total. The van der Waals surface area contributed by atoms with Crippen molar-refractivity contribution in [1.29, 1.82) is 0 Å². The minimum atomic E-state index is -0.234. The van der Waals surface area contributed by atoms with Crippen molar-refractivity contribution in [2.24, 2.45) is 11.8 Å². The largest absolute Gasteiger partial charge is 0.497 e. The first-order chi connectivity index (χ1) is 11.7. The first-order valence-electron chi connectivity index (χ1n) is 8.58. The van der Waals surface area contributed by atoms with Gasteiger partial charge in [0.05, 0.1) is 13.7 Å². The molecule has 0 aromatic heterocycles. The summed E-state index contributed by atoms with van der Waals surface area (Å²) in [5.41, 5.74) is 0.528. The molecule has 2 aliphatic rings. The molecule has 2 aliphatic heterocycles. The highest BCUT2D eigenvalue weighted by Gasteiger charge is 2.31. The number of hydrogen-bond donors (Lipinski definition) is 2. The molecule has 2 atom stereocenters. The van der Waals surface area contributed by atoms with Gasteiger partial charge in [-0.25, -0.2) is 0 Å². The summed E-state index contributed by atoms with van der Waals surface area (Å²) in [6.45, 7) is 3.78. The van der Waals surface area contributed by atoms with Crippen LogP contribution in [-0.2, 0) is 4.79 Å². The number of fused-ring (bicyclic) bond motifs is 1. The van der Waals surface area contributed by atoms with Crippen molar-refractivity contribution in [2.45, 2.75) is 12.8 Å². The van der Waals surface area contributed by atoms with E-state index in [0.29, 0.717) is 23.1 Å². The van der Waals surface area contributed by atoms with Crippen molar-refractivity contribution in [2.75, 3.05) is 39.8 Å². The van der Waals surface area contributed by atoms with Gasteiger partial charge in [-0.15, -0.1) is 0 Å². The zero-order chi connectivity index (χ0) is 16.9. The van der Waals surface area contributed by atoms with Crippen molar-refractivity contribution in [3.05, 3.63) is 29.8 Å². The fourth-order valence-corrected chi connectivity index (χ4v) is 3.58. The fourth-order valence-electron chi connectivity index (χ4n) is 3.58. The average Bonchev–Trinajstić information content (AvgIpc) is 2.97. The maximum atomic E-state index is 12.4. The van der Waals surface area contributed by atoms with Crippen molar-refractivity contribution in [3.63, 3.8) is 0 Å². The Hall–Kier alpha value is -2.08. The first-order valence-corrected chi connectivity index (χ1v) is 8.58. The lowest BCUT2D eigenvalue weighted by molar-refractivity contribution is -0.130. The Balaban J connectivity index is 1.48. The molecule has 3 rings (SSSR count). The summed E-state index contributed by atoms with van der Waals surface area (Å²) in [6, 6.07) is 6.86. The second-order valence-electron chi connectivity index (χ2n) is 6.55. The van der Waals surface area contributed by atoms with Gasteiger partial charge in [0.1, 0.15) is 5.75 Å². The number of ether oxygens (including phenoxy) is 1. The van der Waals surface area contributed by atoms with Crippen molar-refractivity contribution in [1.82, 2.24) is 15.5 Å². The Bertz CT molecular complexity index is 574. The van der Waals surface area contributed by atoms with Crippen LogP contribution in [0.1, 0.15) is 23.2 Å². The third-order valence-corrected chi connectivity index (χ3v) is 5.12. The number of rotatable bonds is 4. The van der Waals surface area contributed by atoms with Crippen molar-refractivity contribution < 1.29 is 14.3 Å². The molecule has 0 radical (unpaired) electrons. The minimum absolute atomic E-state index is 0.00444. The van der Waals surface area contributed by atoms with Gasteiger partial charge in [0.25, 0.3) is 5.91 Å². The van der Waals surface area contributed by atoms with Crippen molar-refractivity contribution in [3.8, 4) is 5.75 Å². The molecule has 2 fully saturated rings. The summed E-state index contributed by atoms with van der Waals surface area (Å²) in [4.78, 5) is 26.4. The molecule has 0 saturated carbocycles. The van der Waals surface area contributed by atoms with E-state index in [0.717, 1.165) is 39.0 Å². The molecular weight excluding hydrogens is 306 g/mol. The van der Waals surface area contributed by atoms with Gasteiger partial charge in [0, 0.05) is 18.7 Å². The Morgan fingerprint density at radius 2 is 1.79 bits per heavy atom. The molecule has 0 aliphatic carbocycles. The molecule has 0 bridgehead atoms. The maximum Gasteiger partial charge on any atom is 0.251 e. The Kier molecular flexibility index (Phi) is 5.35. The molecule has 6 nitrogen and oxygen atoms in total. The van der Waals surface area contributed by atoms with Gasteiger partial charge in [-0.2, -0.15) is 0 Å². The summed E-state index contributed by atoms with van der Waals surface area (Å²) in [7, 11) is 1.58. The van der Waals surface area contributed by atoms with Gasteiger partial charge in [-0.05, 0) is 62.0 Å². The number of benzene rings is 1. The smallest absolute Gasteiger partial charge is 0.251 e. The second kappa shape index (κ2) is 7.66. The van der Waals surface area contributed by atoms with Crippen LogP contribution in [0.4, 0.5) is 0 Å². The Morgan fingerprint density at radius 1 is 1.17 bits per heavy atom. The molecule has 6 heteroatoms. The van der Waals surface area contributed by atoms with Crippen LogP contribution < -0.4 is 15.4 Å². The van der Waals surface area contributed by atoms with E-state index >= 15 is 0 Å². The van der Waals surface area contributed by atoms with Crippen LogP contribution in [0.25, 0.3) is 0 Å². The maximum absolute atomic E-state index is 12.4. The summed E-state index contributed by atoms with van der Waals surface area (Å²) in [6.07, 6.45) is 2.10. The molecule has 0 unspecified atom stereocenters. The van der Waals surface area contributed by atoms with Crippen LogP contribution in [0.15, 0.2) is 24.3 Å². The van der Waals surface area contributed by atoms with Crippen LogP contribution in [-0.4, -0.2) is 56.5 Å². The Labute approximate surface area is 142 Å². The molecule has 24 heavy (non-hydrogen) atoms.